The Kier molecular flexibility index (Phi) is 99.9. The molecule has 252 valence electrons. The molecule has 0 aliphatic carbocycles. The molecule has 0 amide bonds. The third kappa shape index (κ3) is 50.3. The van der Waals surface area contributed by atoms with Crippen LogP contribution in [-0.4, -0.2) is 19.1 Å². The van der Waals surface area contributed by atoms with E-state index in [1.54, 1.807) is 19.1 Å². The van der Waals surface area contributed by atoms with Crippen molar-refractivity contribution in [1.29, 1.82) is 0 Å². The summed E-state index contributed by atoms with van der Waals surface area (Å²) in [5.74, 6) is 0. The summed E-state index contributed by atoms with van der Waals surface area (Å²) >= 11 is 0. The smallest absolute Gasteiger partial charge is 0.273 e. The molecule has 2 rings (SSSR count). The summed E-state index contributed by atoms with van der Waals surface area (Å²) in [6, 6.07) is 14.8. The number of rotatable bonds is 5. The Morgan fingerprint density at radius 1 is 0.561 bits per heavy atom. The van der Waals surface area contributed by atoms with E-state index in [0.717, 1.165) is 6.26 Å². The maximum atomic E-state index is 12.5. The quantitative estimate of drug-likeness (QED) is 0.170. The fourth-order valence-corrected chi connectivity index (χ4v) is 1.56. The predicted molar refractivity (Wildman–Crippen MR) is 173 cm³/mol. The Hall–Kier alpha value is -3.03. The van der Waals surface area contributed by atoms with E-state index in [1.807, 2.05) is 0 Å². The van der Waals surface area contributed by atoms with E-state index in [1.165, 1.54) is 61.4 Å². The first-order valence-electron chi connectivity index (χ1n) is 9.74. The van der Waals surface area contributed by atoms with Gasteiger partial charge in [0.1, 0.15) is 0 Å². The van der Waals surface area contributed by atoms with E-state index in [9.17, 15) is 26.3 Å². The molecule has 2 nitrogen and oxygen atoms in total. The molecule has 0 heterocycles. The normalized spacial score (nSPS) is 8.93. The third-order valence-corrected chi connectivity index (χ3v) is 3.18. The molecule has 0 spiro atoms. The van der Waals surface area contributed by atoms with Crippen molar-refractivity contribution in [2.75, 3.05) is 6.26 Å². The summed E-state index contributed by atoms with van der Waals surface area (Å²) in [4.78, 5) is 0. The molecule has 0 radical (unpaired) electrons. The number of hydrogen-bond acceptors (Lipinski definition) is 3. The van der Waals surface area contributed by atoms with Gasteiger partial charge in [-0.15, -0.1) is 0 Å². The first-order chi connectivity index (χ1) is 15.1. The van der Waals surface area contributed by atoms with Crippen LogP contribution in [-0.2, 0) is 19.1 Å². The predicted octanol–water partition coefficient (Wildman–Crippen LogP) is 13.6. The summed E-state index contributed by atoms with van der Waals surface area (Å²) in [5, 5.41) is 0. The van der Waals surface area contributed by atoms with Crippen molar-refractivity contribution >= 4 is 10.7 Å². The Morgan fingerprint density at radius 2 is 0.732 bits per heavy atom. The summed E-state index contributed by atoms with van der Waals surface area (Å²) in [6.07, 6.45) is -6.46. The fraction of sp³-hybridized carbons (Fsp3) is 0.581. The largest absolute Gasteiger partial charge is 0.424 e. The second-order valence-corrected chi connectivity index (χ2v) is 6.50. The third-order valence-electron chi connectivity index (χ3n) is 3.18. The van der Waals surface area contributed by atoms with E-state index in [-0.39, 0.29) is 70.5 Å². The molecule has 41 heavy (non-hydrogen) atoms. The topological polar surface area (TPSA) is 34.1 Å². The van der Waals surface area contributed by atoms with Crippen molar-refractivity contribution in [2.24, 2.45) is 0 Å². The Morgan fingerprint density at radius 3 is 0.854 bits per heavy atom. The van der Waals surface area contributed by atoms with Crippen LogP contribution in [0.3, 0.4) is 0 Å². The van der Waals surface area contributed by atoms with Crippen LogP contribution in [0.1, 0.15) is 116 Å². The van der Waals surface area contributed by atoms with E-state index < -0.39 is 35.9 Å². The molecule has 0 bridgehead atoms. The van der Waals surface area contributed by atoms with Crippen molar-refractivity contribution in [3.8, 4) is 0 Å². The first-order valence-corrected chi connectivity index (χ1v) is 11.2. The van der Waals surface area contributed by atoms with Gasteiger partial charge in [-0.1, -0.05) is 164 Å². The molecule has 0 N–H and O–H groups in total. The Labute approximate surface area is 248 Å². The van der Waals surface area contributed by atoms with Crippen LogP contribution in [0.15, 0.2) is 60.7 Å². The summed E-state index contributed by atoms with van der Waals surface area (Å²) in [6.45, 7) is 9.36. The zero-order chi connectivity index (χ0) is 25.5. The minimum Gasteiger partial charge on any atom is -0.424 e. The molecule has 0 saturated carbocycles. The van der Waals surface area contributed by atoms with Crippen LogP contribution in [0.4, 0.5) is 26.3 Å². The zero-order valence-electron chi connectivity index (χ0n) is 19.4. The molecule has 0 aromatic heterocycles. The first kappa shape index (κ1) is 76.9. The molecule has 2 atom stereocenters. The number of hydrogen-bond donors (Lipinski definition) is 0. The van der Waals surface area contributed by atoms with Crippen molar-refractivity contribution in [3.63, 3.8) is 0 Å². The van der Waals surface area contributed by atoms with Crippen molar-refractivity contribution in [2.45, 2.75) is 118 Å². The molecule has 2 unspecified atom stereocenters. The monoisotopic (exact) mass is 882 g/mol. The van der Waals surface area contributed by atoms with Crippen LogP contribution in [0, 0.1) is 6.92 Å². The Balaban J connectivity index is -0.0000000267. The van der Waals surface area contributed by atoms with Crippen molar-refractivity contribution in [3.05, 3.63) is 78.7 Å². The molecular formula is C31H64F6O2RfS-2. The van der Waals surface area contributed by atoms with Gasteiger partial charge in [0.05, 0.1) is 0 Å². The molecule has 0 saturated heterocycles. The average molecular weight is 882 g/mol. The standard InChI is InChI=1S/2C8H7F3.C4H10.C2H5.CH3O2S.8CH4.Rf/c2*9-7(8(10)11)6-4-2-1-3-5-6;1-3-4-2;1-2;1-4(2)3;;;;;;;;;/h2*1-5,7-8H;3-4H2,1-2H3;1H2,2H3;1H3;8*1H4;/q;;;2*-1;;;;;;;;;. The summed E-state index contributed by atoms with van der Waals surface area (Å²) < 4.78 is 90.0. The SMILES string of the molecule is C.C.C.C.C.C.C.C.CCCC.C[S-](=O)=O.FC(F)C(F)c1ccccc1.FC(F)C(F)c1ccccc1.[CH2-]C.[Rf]. The number of benzene rings is 2. The fourth-order valence-electron chi connectivity index (χ4n) is 1.56. The van der Waals surface area contributed by atoms with E-state index in [4.69, 9.17) is 8.42 Å². The van der Waals surface area contributed by atoms with E-state index in [2.05, 4.69) is 20.8 Å². The number of alkyl halides is 6. The number of halogens is 6. The van der Waals surface area contributed by atoms with Gasteiger partial charge in [-0.05, 0) is 11.1 Å². The van der Waals surface area contributed by atoms with Gasteiger partial charge in [-0.25, -0.2) is 26.3 Å². The van der Waals surface area contributed by atoms with Crippen LogP contribution in [0.5, 0.6) is 0 Å². The summed E-state index contributed by atoms with van der Waals surface area (Å²) in [5.41, 5.74) is 0.0602. The van der Waals surface area contributed by atoms with Gasteiger partial charge in [-0.2, -0.15) is 6.92 Å². The van der Waals surface area contributed by atoms with E-state index in [0.29, 0.717) is 0 Å². The van der Waals surface area contributed by atoms with Crippen LogP contribution in [0.25, 0.3) is 0 Å². The van der Waals surface area contributed by atoms with Crippen molar-refractivity contribution in [1.82, 2.24) is 0 Å². The zero-order valence-corrected chi connectivity index (χ0v) is 26.6. The van der Waals surface area contributed by atoms with E-state index >= 15 is 0 Å². The molecule has 2 aromatic carbocycles. The molecule has 0 aliphatic heterocycles. The van der Waals surface area contributed by atoms with Gasteiger partial charge in [0.2, 0.25) is 0 Å². The Bertz CT molecular complexity index is 649. The van der Waals surface area contributed by atoms with Gasteiger partial charge < -0.3 is 15.3 Å². The van der Waals surface area contributed by atoms with Gasteiger partial charge in [0.25, 0.3) is 12.9 Å². The van der Waals surface area contributed by atoms with Crippen LogP contribution >= 0.6 is 0 Å². The van der Waals surface area contributed by atoms with Crippen LogP contribution in [0.2, 0.25) is 0 Å². The average Bonchev–Trinajstić information content (AvgIpc) is 2.80. The van der Waals surface area contributed by atoms with Crippen LogP contribution < -0.4 is 0 Å². The molecule has 2 aromatic rings. The molecule has 10 heteroatoms. The molecule has 0 fully saturated rings. The molecular weight excluding hydrogens is 817 g/mol. The second kappa shape index (κ2) is 53.3. The van der Waals surface area contributed by atoms with Gasteiger partial charge in [0.15, 0.2) is 12.3 Å². The van der Waals surface area contributed by atoms with Gasteiger partial charge in [-0.3, -0.25) is 0 Å². The van der Waals surface area contributed by atoms with Crippen molar-refractivity contribution < 1.29 is 34.8 Å². The van der Waals surface area contributed by atoms with Gasteiger partial charge >= 0.3 is 0 Å². The van der Waals surface area contributed by atoms with Gasteiger partial charge in [0, 0.05) is 0 Å². The molecule has 0 aliphatic rings. The maximum absolute atomic E-state index is 12.5. The summed E-state index contributed by atoms with van der Waals surface area (Å²) in [7, 11) is -1.86. The number of unbranched alkanes of at least 4 members (excludes halogenated alkanes) is 1. The second-order valence-electron chi connectivity index (χ2n) is 5.70. The maximum Gasteiger partial charge on any atom is 0.273 e. The minimum absolute atomic E-state index is 0. The minimum atomic E-state index is -2.93.